The second-order valence-electron chi connectivity index (χ2n) is 6.17. The maximum atomic E-state index is 12.4. The van der Waals surface area contributed by atoms with Crippen LogP contribution in [0.25, 0.3) is 10.9 Å². The minimum Gasteiger partial charge on any atom is -0.348 e. The smallest absolute Gasteiger partial charge is 0.240 e. The summed E-state index contributed by atoms with van der Waals surface area (Å²) in [7, 11) is 0. The molecular weight excluding hydrogens is 336 g/mol. The van der Waals surface area contributed by atoms with E-state index in [0.29, 0.717) is 10.4 Å². The summed E-state index contributed by atoms with van der Waals surface area (Å²) in [5, 5.41) is 4.26. The van der Waals surface area contributed by atoms with Gasteiger partial charge in [0.1, 0.15) is 6.54 Å². The first-order valence-corrected chi connectivity index (χ1v) is 8.46. The standard InChI is InChI=1S/C20H19ClN2O2/c1-13-3-8-18-17(11-13)19(24)9-10-23(18)12-20(25)22-14(2)15-4-6-16(21)7-5-15/h3-11,14H,12H2,1-2H3,(H,22,25)/t14-/m1/s1. The van der Waals surface area contributed by atoms with E-state index >= 15 is 0 Å². The normalized spacial score (nSPS) is 12.1. The zero-order valence-electron chi connectivity index (χ0n) is 14.1. The fourth-order valence-electron chi connectivity index (χ4n) is 2.84. The molecule has 25 heavy (non-hydrogen) atoms. The summed E-state index contributed by atoms with van der Waals surface area (Å²) in [6.07, 6.45) is 1.66. The van der Waals surface area contributed by atoms with E-state index in [-0.39, 0.29) is 23.9 Å². The zero-order chi connectivity index (χ0) is 18.0. The van der Waals surface area contributed by atoms with Crippen molar-refractivity contribution in [2.75, 3.05) is 0 Å². The molecule has 4 nitrogen and oxygen atoms in total. The monoisotopic (exact) mass is 354 g/mol. The van der Waals surface area contributed by atoms with Gasteiger partial charge in [0.25, 0.3) is 0 Å². The molecular formula is C20H19ClN2O2. The lowest BCUT2D eigenvalue weighted by Gasteiger charge is -2.16. The van der Waals surface area contributed by atoms with Gasteiger partial charge in [-0.05, 0) is 43.7 Å². The molecule has 3 rings (SSSR count). The number of carbonyl (C=O) groups excluding carboxylic acids is 1. The Morgan fingerprint density at radius 1 is 1.16 bits per heavy atom. The lowest BCUT2D eigenvalue weighted by atomic mass is 10.1. The van der Waals surface area contributed by atoms with Crippen molar-refractivity contribution in [2.24, 2.45) is 0 Å². The third-order valence-electron chi connectivity index (χ3n) is 4.19. The largest absolute Gasteiger partial charge is 0.348 e. The van der Waals surface area contributed by atoms with Gasteiger partial charge in [-0.1, -0.05) is 35.4 Å². The van der Waals surface area contributed by atoms with Crippen LogP contribution >= 0.6 is 11.6 Å². The van der Waals surface area contributed by atoms with Crippen molar-refractivity contribution < 1.29 is 4.79 Å². The molecule has 0 radical (unpaired) electrons. The minimum atomic E-state index is -0.127. The highest BCUT2D eigenvalue weighted by Gasteiger charge is 2.11. The van der Waals surface area contributed by atoms with Gasteiger partial charge in [0.05, 0.1) is 11.6 Å². The molecule has 0 saturated carbocycles. The molecule has 5 heteroatoms. The molecule has 0 saturated heterocycles. The number of hydrogen-bond donors (Lipinski definition) is 1. The van der Waals surface area contributed by atoms with Crippen LogP contribution in [0.4, 0.5) is 0 Å². The highest BCUT2D eigenvalue weighted by atomic mass is 35.5. The molecule has 0 aliphatic carbocycles. The summed E-state index contributed by atoms with van der Waals surface area (Å²) in [6, 6.07) is 14.4. The molecule has 1 atom stereocenters. The van der Waals surface area contributed by atoms with Crippen LogP contribution in [0, 0.1) is 6.92 Å². The molecule has 0 fully saturated rings. The number of benzene rings is 2. The van der Waals surface area contributed by atoms with Crippen molar-refractivity contribution in [3.05, 3.63) is 81.1 Å². The molecule has 0 spiro atoms. The van der Waals surface area contributed by atoms with Gasteiger partial charge < -0.3 is 9.88 Å². The van der Waals surface area contributed by atoms with Crippen LogP contribution in [0.1, 0.15) is 24.1 Å². The van der Waals surface area contributed by atoms with Crippen LogP contribution in [-0.2, 0) is 11.3 Å². The Labute approximate surface area is 151 Å². The fraction of sp³-hybridized carbons (Fsp3) is 0.200. The summed E-state index contributed by atoms with van der Waals surface area (Å²) in [5.74, 6) is -0.118. The number of aryl methyl sites for hydroxylation is 1. The molecule has 0 aliphatic heterocycles. The molecule has 1 N–H and O–H groups in total. The summed E-state index contributed by atoms with van der Waals surface area (Å²) >= 11 is 5.89. The Kier molecular flexibility index (Phi) is 4.91. The average molecular weight is 355 g/mol. The average Bonchev–Trinajstić information content (AvgIpc) is 2.58. The predicted molar refractivity (Wildman–Crippen MR) is 101 cm³/mol. The summed E-state index contributed by atoms with van der Waals surface area (Å²) < 4.78 is 1.79. The SMILES string of the molecule is Cc1ccc2c(c1)c(=O)ccn2CC(=O)N[C@H](C)c1ccc(Cl)cc1. The number of nitrogens with zero attached hydrogens (tertiary/aromatic N) is 1. The molecule has 2 aromatic carbocycles. The Morgan fingerprint density at radius 3 is 2.60 bits per heavy atom. The van der Waals surface area contributed by atoms with E-state index < -0.39 is 0 Å². The van der Waals surface area contributed by atoms with Crippen molar-refractivity contribution in [3.63, 3.8) is 0 Å². The molecule has 1 amide bonds. The van der Waals surface area contributed by atoms with E-state index in [1.165, 1.54) is 6.07 Å². The van der Waals surface area contributed by atoms with E-state index in [2.05, 4.69) is 5.32 Å². The Hall–Kier alpha value is -2.59. The van der Waals surface area contributed by atoms with E-state index in [4.69, 9.17) is 11.6 Å². The van der Waals surface area contributed by atoms with E-state index in [9.17, 15) is 9.59 Å². The van der Waals surface area contributed by atoms with Crippen molar-refractivity contribution in [1.29, 1.82) is 0 Å². The van der Waals surface area contributed by atoms with Gasteiger partial charge in [0.15, 0.2) is 5.43 Å². The van der Waals surface area contributed by atoms with Crippen molar-refractivity contribution in [3.8, 4) is 0 Å². The quantitative estimate of drug-likeness (QED) is 0.773. The number of halogens is 1. The molecule has 1 heterocycles. The number of hydrogen-bond acceptors (Lipinski definition) is 2. The number of carbonyl (C=O) groups is 1. The molecule has 0 unspecified atom stereocenters. The Bertz CT molecular complexity index is 977. The number of rotatable bonds is 4. The molecule has 0 bridgehead atoms. The maximum absolute atomic E-state index is 12.4. The topological polar surface area (TPSA) is 51.1 Å². The van der Waals surface area contributed by atoms with Gasteiger partial charge in [0, 0.05) is 22.7 Å². The molecule has 0 aliphatic rings. The van der Waals surface area contributed by atoms with Gasteiger partial charge in [-0.3, -0.25) is 9.59 Å². The maximum Gasteiger partial charge on any atom is 0.240 e. The van der Waals surface area contributed by atoms with Gasteiger partial charge in [-0.2, -0.15) is 0 Å². The third kappa shape index (κ3) is 3.91. The van der Waals surface area contributed by atoms with Crippen molar-refractivity contribution in [2.45, 2.75) is 26.4 Å². The van der Waals surface area contributed by atoms with E-state index in [0.717, 1.165) is 16.6 Å². The number of aromatic nitrogens is 1. The van der Waals surface area contributed by atoms with Gasteiger partial charge in [-0.15, -0.1) is 0 Å². The van der Waals surface area contributed by atoms with Crippen molar-refractivity contribution >= 4 is 28.4 Å². The zero-order valence-corrected chi connectivity index (χ0v) is 14.9. The first-order chi connectivity index (χ1) is 11.9. The van der Waals surface area contributed by atoms with Crippen LogP contribution in [0.3, 0.4) is 0 Å². The van der Waals surface area contributed by atoms with E-state index in [1.807, 2.05) is 44.2 Å². The Balaban J connectivity index is 1.79. The fourth-order valence-corrected chi connectivity index (χ4v) is 2.97. The predicted octanol–water partition coefficient (Wildman–Crippen LogP) is 3.84. The highest BCUT2D eigenvalue weighted by molar-refractivity contribution is 6.30. The van der Waals surface area contributed by atoms with Gasteiger partial charge in [-0.25, -0.2) is 0 Å². The molecule has 3 aromatic rings. The number of pyridine rings is 1. The van der Waals surface area contributed by atoms with Crippen LogP contribution in [0.2, 0.25) is 5.02 Å². The number of fused-ring (bicyclic) bond motifs is 1. The minimum absolute atomic E-state index is 0.0371. The lowest BCUT2D eigenvalue weighted by Crippen LogP contribution is -2.30. The summed E-state index contributed by atoms with van der Waals surface area (Å²) in [5.41, 5.74) is 2.72. The third-order valence-corrected chi connectivity index (χ3v) is 4.45. The van der Waals surface area contributed by atoms with Crippen LogP contribution < -0.4 is 10.7 Å². The highest BCUT2D eigenvalue weighted by Crippen LogP contribution is 2.16. The van der Waals surface area contributed by atoms with Gasteiger partial charge in [0.2, 0.25) is 5.91 Å². The number of amides is 1. The Morgan fingerprint density at radius 2 is 1.88 bits per heavy atom. The summed E-state index contributed by atoms with van der Waals surface area (Å²) in [6.45, 7) is 4.02. The lowest BCUT2D eigenvalue weighted by molar-refractivity contribution is -0.122. The van der Waals surface area contributed by atoms with Crippen LogP contribution in [0.5, 0.6) is 0 Å². The van der Waals surface area contributed by atoms with Crippen LogP contribution in [-0.4, -0.2) is 10.5 Å². The van der Waals surface area contributed by atoms with E-state index in [1.54, 1.807) is 22.9 Å². The number of nitrogens with one attached hydrogen (secondary N) is 1. The molecule has 1 aromatic heterocycles. The van der Waals surface area contributed by atoms with Crippen molar-refractivity contribution in [1.82, 2.24) is 9.88 Å². The molecule has 128 valence electrons. The second-order valence-corrected chi connectivity index (χ2v) is 6.61. The summed E-state index contributed by atoms with van der Waals surface area (Å²) in [4.78, 5) is 24.5. The first kappa shape index (κ1) is 17.2. The first-order valence-electron chi connectivity index (χ1n) is 8.08. The van der Waals surface area contributed by atoms with Gasteiger partial charge >= 0.3 is 0 Å². The van der Waals surface area contributed by atoms with Crippen LogP contribution in [0.15, 0.2) is 59.5 Å². The second kappa shape index (κ2) is 7.11.